The molecule has 1 aliphatic rings. The number of nitrogens with one attached hydrogen (secondary N) is 1. The van der Waals surface area contributed by atoms with Crippen molar-refractivity contribution in [3.63, 3.8) is 0 Å². The van der Waals surface area contributed by atoms with Crippen molar-refractivity contribution in [2.24, 2.45) is 0 Å². The maximum atomic E-state index is 12.9. The van der Waals surface area contributed by atoms with E-state index in [0.29, 0.717) is 10.6 Å². The summed E-state index contributed by atoms with van der Waals surface area (Å²) in [7, 11) is -2.29. The van der Waals surface area contributed by atoms with E-state index in [9.17, 15) is 22.8 Å². The van der Waals surface area contributed by atoms with E-state index in [4.69, 9.17) is 0 Å². The molecular formula is C23H21N3O5S2. The molecule has 3 aromatic rings. The van der Waals surface area contributed by atoms with Crippen molar-refractivity contribution in [3.8, 4) is 0 Å². The van der Waals surface area contributed by atoms with Gasteiger partial charge in [0.15, 0.2) is 0 Å². The summed E-state index contributed by atoms with van der Waals surface area (Å²) in [6.45, 7) is 1.86. The SMILES string of the molecule is CCN1C(=O)c2ccc(C(=O)Nc3ccccc3CN(C)C(=O)c3cccs3)cc2S1(=O)=O. The van der Waals surface area contributed by atoms with E-state index >= 15 is 0 Å². The van der Waals surface area contributed by atoms with Gasteiger partial charge in [0.2, 0.25) is 0 Å². The lowest BCUT2D eigenvalue weighted by molar-refractivity contribution is 0.0789. The minimum absolute atomic E-state index is 0.0163. The highest BCUT2D eigenvalue weighted by Gasteiger charge is 2.40. The van der Waals surface area contributed by atoms with Crippen molar-refractivity contribution >= 4 is 44.8 Å². The Morgan fingerprint density at radius 3 is 2.55 bits per heavy atom. The second-order valence-electron chi connectivity index (χ2n) is 7.44. The normalized spacial score (nSPS) is 14.1. The predicted octanol–water partition coefficient (Wildman–Crippen LogP) is 3.44. The second-order valence-corrected chi connectivity index (χ2v) is 10.2. The molecule has 2 heterocycles. The van der Waals surface area contributed by atoms with Gasteiger partial charge >= 0.3 is 0 Å². The third kappa shape index (κ3) is 4.14. The molecule has 0 spiro atoms. The molecule has 0 atom stereocenters. The topological polar surface area (TPSA) is 104 Å². The average Bonchev–Trinajstić information content (AvgIpc) is 3.40. The Bertz CT molecular complexity index is 1350. The fourth-order valence-electron chi connectivity index (χ4n) is 3.62. The number of para-hydroxylation sites is 1. The van der Waals surface area contributed by atoms with Crippen LogP contribution < -0.4 is 5.32 Å². The summed E-state index contributed by atoms with van der Waals surface area (Å²) in [6.07, 6.45) is 0. The van der Waals surface area contributed by atoms with Gasteiger partial charge in [0.05, 0.1) is 10.4 Å². The molecule has 1 N–H and O–H groups in total. The maximum Gasteiger partial charge on any atom is 0.268 e. The van der Waals surface area contributed by atoms with Crippen molar-refractivity contribution in [1.82, 2.24) is 9.21 Å². The number of hydrogen-bond donors (Lipinski definition) is 1. The first-order valence-corrected chi connectivity index (χ1v) is 12.5. The molecule has 0 radical (unpaired) electrons. The number of fused-ring (bicyclic) bond motifs is 1. The summed E-state index contributed by atoms with van der Waals surface area (Å²) in [4.78, 5) is 39.8. The zero-order chi connectivity index (χ0) is 23.8. The first kappa shape index (κ1) is 22.7. The molecule has 3 amide bonds. The summed E-state index contributed by atoms with van der Waals surface area (Å²) < 4.78 is 26.1. The van der Waals surface area contributed by atoms with Crippen molar-refractivity contribution in [1.29, 1.82) is 0 Å². The molecule has 170 valence electrons. The highest BCUT2D eigenvalue weighted by Crippen LogP contribution is 2.31. The zero-order valence-corrected chi connectivity index (χ0v) is 19.6. The lowest BCUT2D eigenvalue weighted by Crippen LogP contribution is -2.29. The lowest BCUT2D eigenvalue weighted by atomic mass is 10.1. The van der Waals surface area contributed by atoms with Crippen LogP contribution in [0.2, 0.25) is 0 Å². The molecule has 1 aliphatic heterocycles. The summed E-state index contributed by atoms with van der Waals surface area (Å²) in [5, 5.41) is 4.63. The van der Waals surface area contributed by atoms with E-state index < -0.39 is 21.8 Å². The standard InChI is InChI=1S/C23H21N3O5S2/c1-3-26-22(28)17-11-10-15(13-20(17)33(26,30)31)21(27)24-18-8-5-4-7-16(18)14-25(2)23(29)19-9-6-12-32-19/h4-13H,3,14H2,1-2H3,(H,24,27). The molecule has 8 nitrogen and oxygen atoms in total. The van der Waals surface area contributed by atoms with Crippen molar-refractivity contribution < 1.29 is 22.8 Å². The van der Waals surface area contributed by atoms with E-state index in [-0.39, 0.29) is 35.0 Å². The molecule has 0 unspecified atom stereocenters. The van der Waals surface area contributed by atoms with E-state index in [1.54, 1.807) is 49.2 Å². The first-order chi connectivity index (χ1) is 15.7. The largest absolute Gasteiger partial charge is 0.337 e. The van der Waals surface area contributed by atoms with Gasteiger partial charge in [-0.2, -0.15) is 0 Å². The first-order valence-electron chi connectivity index (χ1n) is 10.1. The second kappa shape index (κ2) is 8.80. The molecule has 10 heteroatoms. The molecule has 0 saturated carbocycles. The molecular weight excluding hydrogens is 462 g/mol. The number of amides is 3. The van der Waals surface area contributed by atoms with Gasteiger partial charge in [0.1, 0.15) is 4.90 Å². The van der Waals surface area contributed by atoms with Crippen LogP contribution in [0.25, 0.3) is 0 Å². The summed E-state index contributed by atoms with van der Waals surface area (Å²) in [5.41, 5.74) is 1.39. The van der Waals surface area contributed by atoms with Crippen LogP contribution in [0.4, 0.5) is 5.69 Å². The maximum absolute atomic E-state index is 12.9. The predicted molar refractivity (Wildman–Crippen MR) is 125 cm³/mol. The Labute approximate surface area is 195 Å². The van der Waals surface area contributed by atoms with Gasteiger partial charge in [-0.25, -0.2) is 12.7 Å². The van der Waals surface area contributed by atoms with Gasteiger partial charge in [-0.05, 0) is 48.2 Å². The minimum Gasteiger partial charge on any atom is -0.337 e. The highest BCUT2D eigenvalue weighted by molar-refractivity contribution is 7.90. The van der Waals surface area contributed by atoms with E-state index in [2.05, 4.69) is 5.32 Å². The van der Waals surface area contributed by atoms with Crippen molar-refractivity contribution in [3.05, 3.63) is 81.5 Å². The Balaban J connectivity index is 1.56. The van der Waals surface area contributed by atoms with E-state index in [1.807, 2.05) is 11.4 Å². The van der Waals surface area contributed by atoms with Gasteiger partial charge in [0.25, 0.3) is 27.7 Å². The van der Waals surface area contributed by atoms with Gasteiger partial charge < -0.3 is 10.2 Å². The van der Waals surface area contributed by atoms with Crippen LogP contribution in [0.3, 0.4) is 0 Å². The van der Waals surface area contributed by atoms with Gasteiger partial charge in [-0.15, -0.1) is 11.3 Å². The Hall–Kier alpha value is -3.50. The third-order valence-electron chi connectivity index (χ3n) is 5.31. The Morgan fingerprint density at radius 1 is 1.09 bits per heavy atom. The Kier molecular flexibility index (Phi) is 6.05. The molecule has 1 aromatic heterocycles. The summed E-state index contributed by atoms with van der Waals surface area (Å²) in [5.74, 6) is -1.24. The van der Waals surface area contributed by atoms with Crippen molar-refractivity contribution in [2.45, 2.75) is 18.4 Å². The number of rotatable bonds is 6. The van der Waals surface area contributed by atoms with Crippen LogP contribution in [0.15, 0.2) is 64.9 Å². The summed E-state index contributed by atoms with van der Waals surface area (Å²) >= 11 is 1.36. The number of benzene rings is 2. The van der Waals surface area contributed by atoms with E-state index in [1.165, 1.54) is 29.5 Å². The van der Waals surface area contributed by atoms with Gasteiger partial charge in [-0.3, -0.25) is 14.4 Å². The fraction of sp³-hybridized carbons (Fsp3) is 0.174. The monoisotopic (exact) mass is 483 g/mol. The fourth-order valence-corrected chi connectivity index (χ4v) is 5.94. The number of carbonyl (C=O) groups is 3. The van der Waals surface area contributed by atoms with Crippen molar-refractivity contribution in [2.75, 3.05) is 18.9 Å². The lowest BCUT2D eigenvalue weighted by Gasteiger charge is -2.19. The van der Waals surface area contributed by atoms with Crippen LogP contribution in [0, 0.1) is 0 Å². The Morgan fingerprint density at radius 2 is 1.85 bits per heavy atom. The molecule has 4 rings (SSSR count). The van der Waals surface area contributed by atoms with Crippen LogP contribution in [0.1, 0.15) is 42.9 Å². The molecule has 0 saturated heterocycles. The van der Waals surface area contributed by atoms with Gasteiger partial charge in [0, 0.05) is 31.4 Å². The number of anilines is 1. The zero-order valence-electron chi connectivity index (χ0n) is 17.9. The molecule has 0 aliphatic carbocycles. The number of hydrogen-bond acceptors (Lipinski definition) is 6. The third-order valence-corrected chi connectivity index (χ3v) is 8.06. The van der Waals surface area contributed by atoms with E-state index in [0.717, 1.165) is 9.87 Å². The average molecular weight is 484 g/mol. The van der Waals surface area contributed by atoms with Crippen LogP contribution in [-0.2, 0) is 16.6 Å². The molecule has 2 aromatic carbocycles. The number of thiophene rings is 1. The molecule has 0 bridgehead atoms. The number of nitrogens with zero attached hydrogens (tertiary/aromatic N) is 2. The van der Waals surface area contributed by atoms with Crippen LogP contribution in [-0.4, -0.2) is 48.9 Å². The number of sulfonamides is 1. The smallest absolute Gasteiger partial charge is 0.268 e. The highest BCUT2D eigenvalue weighted by atomic mass is 32.2. The minimum atomic E-state index is -3.97. The molecule has 0 fully saturated rings. The summed E-state index contributed by atoms with van der Waals surface area (Å²) in [6, 6.07) is 14.7. The number of carbonyl (C=O) groups excluding carboxylic acids is 3. The molecule has 33 heavy (non-hydrogen) atoms. The van der Waals surface area contributed by atoms with Gasteiger partial charge in [-0.1, -0.05) is 24.3 Å². The van der Waals surface area contributed by atoms with Crippen LogP contribution in [0.5, 0.6) is 0 Å². The quantitative estimate of drug-likeness (QED) is 0.579. The van der Waals surface area contributed by atoms with Crippen LogP contribution >= 0.6 is 11.3 Å².